The van der Waals surface area contributed by atoms with Crippen molar-refractivity contribution in [1.29, 1.82) is 0 Å². The molecule has 310 valence electrons. The normalized spacial score (nSPS) is 21.6. The number of para-hydroxylation sites is 4. The van der Waals surface area contributed by atoms with Gasteiger partial charge >= 0.3 is 0 Å². The summed E-state index contributed by atoms with van der Waals surface area (Å²) in [5, 5.41) is 7.73. The lowest BCUT2D eigenvalue weighted by Crippen LogP contribution is -2.57. The van der Waals surface area contributed by atoms with Gasteiger partial charge in [0.1, 0.15) is 0 Å². The van der Waals surface area contributed by atoms with Crippen LogP contribution in [0.2, 0.25) is 0 Å². The van der Waals surface area contributed by atoms with Crippen molar-refractivity contribution < 1.29 is 0 Å². The quantitative estimate of drug-likeness (QED) is 0.168. The molecule has 0 N–H and O–H groups in total. The highest BCUT2D eigenvalue weighted by atomic mass is 15.2. The van der Waals surface area contributed by atoms with Crippen LogP contribution < -0.4 is 4.90 Å². The van der Waals surface area contributed by atoms with Crippen molar-refractivity contribution in [3.63, 3.8) is 0 Å². The zero-order chi connectivity index (χ0) is 42.4. The summed E-state index contributed by atoms with van der Waals surface area (Å²) in [5.41, 5.74) is 16.9. The summed E-state index contributed by atoms with van der Waals surface area (Å²) in [6.45, 7) is 0. The number of benzene rings is 9. The van der Waals surface area contributed by atoms with Crippen molar-refractivity contribution in [3.8, 4) is 22.5 Å². The second-order valence-electron chi connectivity index (χ2n) is 19.7. The molecule has 3 heteroatoms. The van der Waals surface area contributed by atoms with E-state index in [2.05, 4.69) is 214 Å². The predicted octanol–water partition coefficient (Wildman–Crippen LogP) is 16.2. The van der Waals surface area contributed by atoms with Crippen molar-refractivity contribution in [2.45, 2.75) is 37.5 Å². The molecule has 4 aliphatic carbocycles. The van der Waals surface area contributed by atoms with E-state index in [4.69, 9.17) is 0 Å². The minimum atomic E-state index is 0.0359. The summed E-state index contributed by atoms with van der Waals surface area (Å²) in [5.74, 6) is 3.14. The van der Waals surface area contributed by atoms with E-state index in [1.165, 1.54) is 120 Å². The molecule has 65 heavy (non-hydrogen) atoms. The Morgan fingerprint density at radius 1 is 0.400 bits per heavy atom. The average molecular weight is 834 g/mol. The zero-order valence-electron chi connectivity index (χ0n) is 36.2. The average Bonchev–Trinajstić information content (AvgIpc) is 3.89. The molecule has 3 nitrogen and oxygen atoms in total. The van der Waals surface area contributed by atoms with E-state index >= 15 is 0 Å². The SMILES string of the molecule is c1ccc2c(c1)-n1c3ccccc3c3c(N(c4ccc(-c5ccc(-n6c7ccccc7c7ccccc76)cc5)cc4)c4cccc5ccccc45)ccc(c31)C21C2CC3CC(C2)CC1C3. The van der Waals surface area contributed by atoms with E-state index in [0.29, 0.717) is 11.8 Å². The van der Waals surface area contributed by atoms with E-state index in [0.717, 1.165) is 17.5 Å². The number of rotatable bonds is 5. The maximum atomic E-state index is 2.66. The molecule has 0 saturated heterocycles. The molecular weight excluding hydrogens is 787 g/mol. The molecule has 3 heterocycles. The van der Waals surface area contributed by atoms with Crippen LogP contribution in [-0.4, -0.2) is 9.13 Å². The van der Waals surface area contributed by atoms with Gasteiger partial charge in [-0.05, 0) is 144 Å². The van der Waals surface area contributed by atoms with Crippen LogP contribution >= 0.6 is 0 Å². The summed E-state index contributed by atoms with van der Waals surface area (Å²) < 4.78 is 5.05. The van der Waals surface area contributed by atoms with Gasteiger partial charge in [0.2, 0.25) is 0 Å². The Balaban J connectivity index is 0.923. The standard InChI is InChI=1S/C62H47N3/c1-2-14-48-43(12-1)13-11-23-54(48)64(47-30-26-42(27-31-47)41-24-28-46(29-25-41)63-55-19-7-3-15-49(55)50-16-4-8-20-56(50)63)59-33-32-53-61-60(59)51-17-5-9-21-57(51)65(61)58-22-10-6-18-52(58)62(53)44-35-39-34-40(37-44)38-45(62)36-39/h1-33,39-40,44-45H,34-38H2. The highest BCUT2D eigenvalue weighted by molar-refractivity contribution is 6.19. The van der Waals surface area contributed by atoms with Crippen LogP contribution in [0.25, 0.3) is 76.9 Å². The molecule has 4 bridgehead atoms. The summed E-state index contributed by atoms with van der Waals surface area (Å²) in [6, 6.07) is 75.5. The Bertz CT molecular complexity index is 3650. The molecule has 1 aliphatic heterocycles. The Morgan fingerprint density at radius 2 is 0.954 bits per heavy atom. The minimum Gasteiger partial charge on any atom is -0.309 e. The van der Waals surface area contributed by atoms with E-state index in [1.54, 1.807) is 11.1 Å². The molecule has 0 unspecified atom stereocenters. The summed E-state index contributed by atoms with van der Waals surface area (Å²) >= 11 is 0. The number of hydrogen-bond acceptors (Lipinski definition) is 1. The lowest BCUT2D eigenvalue weighted by molar-refractivity contribution is -0.0418. The number of nitrogens with zero attached hydrogens (tertiary/aromatic N) is 3. The number of aromatic nitrogens is 2. The number of hydrogen-bond donors (Lipinski definition) is 0. The fourth-order valence-electron chi connectivity index (χ4n) is 14.4. The largest absolute Gasteiger partial charge is 0.309 e. The fourth-order valence-corrected chi connectivity index (χ4v) is 14.4. The van der Waals surface area contributed by atoms with Gasteiger partial charge in [-0.1, -0.05) is 140 Å². The van der Waals surface area contributed by atoms with Crippen molar-refractivity contribution in [2.24, 2.45) is 23.7 Å². The third kappa shape index (κ3) is 4.85. The molecule has 16 rings (SSSR count). The van der Waals surface area contributed by atoms with Gasteiger partial charge in [0.25, 0.3) is 0 Å². The second-order valence-corrected chi connectivity index (χ2v) is 19.7. The zero-order valence-corrected chi connectivity index (χ0v) is 36.2. The van der Waals surface area contributed by atoms with Crippen molar-refractivity contribution in [1.82, 2.24) is 9.13 Å². The monoisotopic (exact) mass is 833 g/mol. The van der Waals surface area contributed by atoms with Gasteiger partial charge in [0.15, 0.2) is 0 Å². The van der Waals surface area contributed by atoms with Gasteiger partial charge in [-0.25, -0.2) is 0 Å². The molecule has 0 amide bonds. The molecule has 4 saturated carbocycles. The molecule has 0 radical (unpaired) electrons. The first-order valence-electron chi connectivity index (χ1n) is 23.9. The lowest BCUT2D eigenvalue weighted by atomic mass is 9.41. The predicted molar refractivity (Wildman–Crippen MR) is 271 cm³/mol. The van der Waals surface area contributed by atoms with Crippen LogP contribution in [0.4, 0.5) is 17.1 Å². The molecule has 2 aromatic heterocycles. The van der Waals surface area contributed by atoms with E-state index in [1.807, 2.05) is 0 Å². The van der Waals surface area contributed by atoms with Crippen LogP contribution in [0.5, 0.6) is 0 Å². The van der Waals surface area contributed by atoms with Crippen molar-refractivity contribution in [3.05, 3.63) is 211 Å². The van der Waals surface area contributed by atoms with Gasteiger partial charge in [0, 0.05) is 43.7 Å². The van der Waals surface area contributed by atoms with Gasteiger partial charge < -0.3 is 14.0 Å². The van der Waals surface area contributed by atoms with Crippen molar-refractivity contribution >= 4 is 71.4 Å². The first-order valence-corrected chi connectivity index (χ1v) is 23.9. The molecule has 1 spiro atoms. The van der Waals surface area contributed by atoms with Crippen LogP contribution in [0, 0.1) is 23.7 Å². The highest BCUT2D eigenvalue weighted by Crippen LogP contribution is 2.68. The molecule has 9 aromatic carbocycles. The minimum absolute atomic E-state index is 0.0359. The summed E-state index contributed by atoms with van der Waals surface area (Å²) in [7, 11) is 0. The second kappa shape index (κ2) is 13.3. The first-order chi connectivity index (χ1) is 32.2. The fraction of sp³-hybridized carbons (Fsp3) is 0.161. The molecule has 5 aliphatic rings. The third-order valence-corrected chi connectivity index (χ3v) is 16.7. The van der Waals surface area contributed by atoms with Crippen molar-refractivity contribution in [2.75, 3.05) is 4.90 Å². The molecule has 4 fully saturated rings. The van der Waals surface area contributed by atoms with E-state index in [-0.39, 0.29) is 5.41 Å². The Morgan fingerprint density at radius 3 is 1.65 bits per heavy atom. The van der Waals surface area contributed by atoms with E-state index in [9.17, 15) is 0 Å². The third-order valence-electron chi connectivity index (χ3n) is 16.7. The lowest BCUT2D eigenvalue weighted by Gasteiger charge is -2.63. The maximum absolute atomic E-state index is 2.66. The molecule has 11 aromatic rings. The van der Waals surface area contributed by atoms with Crippen LogP contribution in [-0.2, 0) is 5.41 Å². The topological polar surface area (TPSA) is 13.1 Å². The number of fused-ring (bicyclic) bond motifs is 9. The Hall–Kier alpha value is -7.36. The Labute approximate surface area is 378 Å². The molecular formula is C62H47N3. The van der Waals surface area contributed by atoms with Gasteiger partial charge in [-0.3, -0.25) is 0 Å². The number of anilines is 3. The summed E-state index contributed by atoms with van der Waals surface area (Å²) in [4.78, 5) is 2.57. The Kier molecular flexibility index (Phi) is 7.40. The molecule has 0 atom stereocenters. The van der Waals surface area contributed by atoms with E-state index < -0.39 is 0 Å². The summed E-state index contributed by atoms with van der Waals surface area (Å²) in [6.07, 6.45) is 6.90. The maximum Gasteiger partial charge on any atom is 0.0603 e. The smallest absolute Gasteiger partial charge is 0.0603 e. The first kappa shape index (κ1) is 36.0. The van der Waals surface area contributed by atoms with Crippen LogP contribution in [0.3, 0.4) is 0 Å². The van der Waals surface area contributed by atoms with Crippen LogP contribution in [0.15, 0.2) is 200 Å². The highest BCUT2D eigenvalue weighted by Gasteiger charge is 2.61. The van der Waals surface area contributed by atoms with Gasteiger partial charge in [0.05, 0.1) is 39.1 Å². The van der Waals surface area contributed by atoms with Crippen LogP contribution in [0.1, 0.15) is 43.2 Å². The van der Waals surface area contributed by atoms with Gasteiger partial charge in [-0.15, -0.1) is 0 Å². The van der Waals surface area contributed by atoms with Gasteiger partial charge in [-0.2, -0.15) is 0 Å².